The molecule has 0 aromatic heterocycles. The van der Waals surface area contributed by atoms with Crippen molar-refractivity contribution in [2.75, 3.05) is 0 Å². The van der Waals surface area contributed by atoms with Crippen LogP contribution in [0.25, 0.3) is 0 Å². The van der Waals surface area contributed by atoms with Crippen LogP contribution in [0.2, 0.25) is 0 Å². The minimum absolute atomic E-state index is 1.62. The van der Waals surface area contributed by atoms with Gasteiger partial charge in [0.25, 0.3) is 0 Å². The fraction of sp³-hybridized carbons (Fsp3) is 0. The molecule has 0 fully saturated rings. The summed E-state index contributed by atoms with van der Waals surface area (Å²) in [5.74, 6) is 0. The Morgan fingerprint density at radius 2 is 1.00 bits per heavy atom. The third-order valence-corrected chi connectivity index (χ3v) is 0. The third kappa shape index (κ3) is 46100. The Morgan fingerprint density at radius 1 is 1.00 bits per heavy atom. The zero-order valence-corrected chi connectivity index (χ0v) is 6.77. The molecule has 10 heteroatoms. The van der Waals surface area contributed by atoms with Crippen LogP contribution >= 0.6 is 0 Å². The van der Waals surface area contributed by atoms with Crippen molar-refractivity contribution in [3.63, 3.8) is 0 Å². The summed E-state index contributed by atoms with van der Waals surface area (Å²) in [6, 6.07) is 0. The quantitative estimate of drug-likeness (QED) is 0.178. The molecule has 0 aliphatic carbocycles. The van der Waals surface area contributed by atoms with Crippen LogP contribution in [0.15, 0.2) is 0 Å². The van der Waals surface area contributed by atoms with Crippen LogP contribution < -0.4 is 0 Å². The largest absolute Gasteiger partial charge is 0.255 e. The molecule has 8 nitrogen and oxygen atoms in total. The maximum Gasteiger partial charge on any atom is -0.255 e. The summed E-state index contributed by atoms with van der Waals surface area (Å²) in [7, 11) is -4.67. The van der Waals surface area contributed by atoms with E-state index in [1.807, 2.05) is 0 Å². The van der Waals surface area contributed by atoms with E-state index in [1.165, 1.54) is 0 Å². The van der Waals surface area contributed by atoms with E-state index in [4.69, 9.17) is 35.7 Å². The van der Waals surface area contributed by atoms with Gasteiger partial charge in [-0.15, -0.1) is 0 Å². The van der Waals surface area contributed by atoms with Gasteiger partial charge in [-0.2, -0.15) is 8.42 Å². The normalized spacial score (nSPS) is 7.60. The molecule has 4 N–H and O–H groups in total. The smallest absolute Gasteiger partial charge is 0.255 e. The van der Waals surface area contributed by atoms with Gasteiger partial charge in [0.1, 0.15) is 0 Å². The molecule has 0 atom stereocenters. The summed E-state index contributed by atoms with van der Waals surface area (Å²) in [6.07, 6.45) is 0. The van der Waals surface area contributed by atoms with Crippen molar-refractivity contribution in [3.05, 3.63) is 0 Å². The molecule has 0 saturated carbocycles. The molecule has 0 heterocycles. The van der Waals surface area contributed by atoms with Gasteiger partial charge in [-0.25, -0.2) is 0 Å². The van der Waals surface area contributed by atoms with Crippen molar-refractivity contribution in [2.45, 2.75) is 0 Å². The van der Waals surface area contributed by atoms with Gasteiger partial charge in [0.05, 0.1) is 0 Å². The third-order valence-electron chi connectivity index (χ3n) is 0. The molecule has 64 valence electrons. The fourth-order valence-corrected chi connectivity index (χ4v) is 0. The van der Waals surface area contributed by atoms with Gasteiger partial charge in [0.2, 0.25) is 0 Å². The van der Waals surface area contributed by atoms with Crippen molar-refractivity contribution in [3.8, 4) is 0 Å². The molecule has 0 bridgehead atoms. The monoisotopic (exact) mass is 244 g/mol. The fourth-order valence-electron chi connectivity index (χ4n) is 0. The van der Waals surface area contributed by atoms with E-state index < -0.39 is 25.2 Å². The van der Waals surface area contributed by atoms with E-state index >= 15 is 0 Å². The van der Waals surface area contributed by atoms with Crippen molar-refractivity contribution >= 4 is 25.2 Å². The summed E-state index contributed by atoms with van der Waals surface area (Å²) < 4.78 is 48.5. The standard InChI is InChI=1S/H2O4S.O2Se.H2O2/c1-5(2,3)4;1-3-2;1-2/h(H2,1,2,3,4);;1-2H. The van der Waals surface area contributed by atoms with Crippen LogP contribution in [0.3, 0.4) is 0 Å². The molecule has 0 unspecified atom stereocenters. The zero-order valence-electron chi connectivity index (χ0n) is 4.24. The van der Waals surface area contributed by atoms with Gasteiger partial charge in [0, 0.05) is 0 Å². The Kier molecular flexibility index (Phi) is 19.2. The first kappa shape index (κ1) is 16.5. The minimum atomic E-state index is -4.67. The molecule has 0 radical (unpaired) electrons. The van der Waals surface area contributed by atoms with Crippen LogP contribution in [0.1, 0.15) is 0 Å². The molecular formula is H4O8SSe. The van der Waals surface area contributed by atoms with E-state index in [2.05, 4.69) is 0 Å². The predicted molar refractivity (Wildman–Crippen MR) is 26.6 cm³/mol. The van der Waals surface area contributed by atoms with Gasteiger partial charge in [-0.1, -0.05) is 0 Å². The van der Waals surface area contributed by atoms with E-state index in [1.54, 1.807) is 0 Å². The molecule has 0 saturated heterocycles. The van der Waals surface area contributed by atoms with Crippen molar-refractivity contribution in [2.24, 2.45) is 0 Å². The Morgan fingerprint density at radius 3 is 1.00 bits per heavy atom. The van der Waals surface area contributed by atoms with Gasteiger partial charge in [0.15, 0.2) is 0 Å². The molecule has 10 heavy (non-hydrogen) atoms. The van der Waals surface area contributed by atoms with Gasteiger partial charge in [-0.05, 0) is 0 Å². The molecule has 0 spiro atoms. The number of rotatable bonds is 0. The topological polar surface area (TPSA) is 149 Å². The van der Waals surface area contributed by atoms with E-state index in [9.17, 15) is 0 Å². The summed E-state index contributed by atoms with van der Waals surface area (Å²) in [5, 5.41) is 12.0. The Balaban J connectivity index is -0.0000000847. The first-order valence-corrected chi connectivity index (χ1v) is 4.03. The van der Waals surface area contributed by atoms with E-state index in [0.29, 0.717) is 0 Å². The Labute approximate surface area is 61.6 Å². The van der Waals surface area contributed by atoms with E-state index in [0.717, 1.165) is 0 Å². The Bertz CT molecular complexity index is 150. The molecule has 0 aliphatic rings. The van der Waals surface area contributed by atoms with Crippen molar-refractivity contribution in [1.29, 1.82) is 0 Å². The van der Waals surface area contributed by atoms with Crippen molar-refractivity contribution in [1.82, 2.24) is 0 Å². The minimum Gasteiger partial charge on any atom is -0.255 e. The van der Waals surface area contributed by atoms with Crippen LogP contribution in [-0.4, -0.2) is 42.9 Å². The summed E-state index contributed by atoms with van der Waals surface area (Å²) in [4.78, 5) is 0. The predicted octanol–water partition coefficient (Wildman–Crippen LogP) is -1.25. The van der Waals surface area contributed by atoms with Crippen LogP contribution in [0, 0.1) is 0 Å². The molecule has 0 amide bonds. The Hall–Kier alpha value is -0.0905. The molecule has 0 aliphatic heterocycles. The van der Waals surface area contributed by atoms with Crippen molar-refractivity contribution < 1.29 is 35.7 Å². The van der Waals surface area contributed by atoms with Gasteiger partial charge < -0.3 is 0 Å². The van der Waals surface area contributed by atoms with Crippen LogP contribution in [0.5, 0.6) is 0 Å². The van der Waals surface area contributed by atoms with Crippen LogP contribution in [-0.2, 0) is 18.1 Å². The van der Waals surface area contributed by atoms with E-state index in [-0.39, 0.29) is 0 Å². The average Bonchev–Trinajstić information content (AvgIpc) is 1.68. The molecule has 0 aromatic rings. The first-order valence-electron chi connectivity index (χ1n) is 1.23. The summed E-state index contributed by atoms with van der Waals surface area (Å²) in [5.41, 5.74) is 0. The van der Waals surface area contributed by atoms with Gasteiger partial charge >= 0.3 is 32.9 Å². The summed E-state index contributed by atoms with van der Waals surface area (Å²) in [6.45, 7) is 0. The molecule has 0 aromatic carbocycles. The molecule has 0 rings (SSSR count). The summed E-state index contributed by atoms with van der Waals surface area (Å²) >= 11 is -1.62. The van der Waals surface area contributed by atoms with Crippen LogP contribution in [0.4, 0.5) is 0 Å². The maximum atomic E-state index is 8.74. The first-order chi connectivity index (χ1) is 4.41. The SMILES string of the molecule is O=S(=O)(O)O.O=[Se]=O.OO. The zero-order chi connectivity index (χ0) is 9.21. The number of hydrogen-bond donors (Lipinski definition) is 4. The maximum absolute atomic E-state index is 8.74. The average molecular weight is 243 g/mol. The number of hydrogen-bond acceptors (Lipinski definition) is 6. The molecular weight excluding hydrogens is 239 g/mol. The second kappa shape index (κ2) is 11.7. The van der Waals surface area contributed by atoms with Gasteiger partial charge in [-0.3, -0.25) is 19.6 Å². The second-order valence-corrected chi connectivity index (χ2v) is 1.70. The second-order valence-electron chi connectivity index (χ2n) is 0.516.